The van der Waals surface area contributed by atoms with Gasteiger partial charge in [0.2, 0.25) is 5.91 Å². The van der Waals surface area contributed by atoms with Crippen molar-refractivity contribution < 1.29 is 13.2 Å². The van der Waals surface area contributed by atoms with E-state index in [1.54, 1.807) is 0 Å². The first-order chi connectivity index (χ1) is 9.43. The zero-order chi connectivity index (χ0) is 14.8. The molecule has 2 N–H and O–H groups in total. The van der Waals surface area contributed by atoms with E-state index in [2.05, 4.69) is 0 Å². The second kappa shape index (κ2) is 6.41. The summed E-state index contributed by atoms with van der Waals surface area (Å²) in [6.07, 6.45) is 3.20. The van der Waals surface area contributed by atoms with Gasteiger partial charge in [-0.2, -0.15) is 0 Å². The minimum absolute atomic E-state index is 0.0000666. The number of hydrogen-bond donors (Lipinski definition) is 1. The number of nitrogens with two attached hydrogens (primary N) is 1. The monoisotopic (exact) mass is 303 g/mol. The summed E-state index contributed by atoms with van der Waals surface area (Å²) in [5, 5.41) is 0. The lowest BCUT2D eigenvalue weighted by atomic mass is 10.1. The van der Waals surface area contributed by atoms with E-state index in [-0.39, 0.29) is 29.5 Å². The van der Waals surface area contributed by atoms with Gasteiger partial charge >= 0.3 is 0 Å². The van der Waals surface area contributed by atoms with Crippen molar-refractivity contribution in [2.45, 2.75) is 37.8 Å². The van der Waals surface area contributed by atoms with Crippen LogP contribution in [-0.2, 0) is 14.6 Å². The summed E-state index contributed by atoms with van der Waals surface area (Å²) in [5.74, 6) is 0.586. The summed E-state index contributed by atoms with van der Waals surface area (Å²) < 4.78 is 23.1. The molecule has 1 amide bonds. The summed E-state index contributed by atoms with van der Waals surface area (Å²) in [6, 6.07) is -0.0682. The van der Waals surface area contributed by atoms with Crippen LogP contribution in [0, 0.1) is 0 Å². The Morgan fingerprint density at radius 1 is 1.40 bits per heavy atom. The standard InChI is InChI=1S/C13H25N3O3S/c1-15(11-4-7-20(18,19)10-11)12(9-14)8-13(17)16-5-2-3-6-16/h11-12H,2-10,14H2,1H3. The van der Waals surface area contributed by atoms with Crippen LogP contribution >= 0.6 is 0 Å². The lowest BCUT2D eigenvalue weighted by molar-refractivity contribution is -0.131. The Kier molecular flexibility index (Phi) is 5.04. The average Bonchev–Trinajstić information content (AvgIpc) is 3.04. The van der Waals surface area contributed by atoms with Gasteiger partial charge in [0.25, 0.3) is 0 Å². The predicted molar refractivity (Wildman–Crippen MR) is 78.1 cm³/mol. The zero-order valence-electron chi connectivity index (χ0n) is 12.1. The Hall–Kier alpha value is -0.660. The number of hydrogen-bond acceptors (Lipinski definition) is 5. The van der Waals surface area contributed by atoms with Crippen molar-refractivity contribution in [1.29, 1.82) is 0 Å². The predicted octanol–water partition coefficient (Wildman–Crippen LogP) is -0.555. The molecule has 116 valence electrons. The number of likely N-dealkylation sites (N-methyl/N-ethyl adjacent to an activating group) is 1. The molecule has 2 rings (SSSR count). The van der Waals surface area contributed by atoms with Crippen molar-refractivity contribution in [3.05, 3.63) is 0 Å². The molecule has 0 aromatic heterocycles. The molecule has 0 aromatic carbocycles. The number of nitrogens with zero attached hydrogens (tertiary/aromatic N) is 2. The van der Waals surface area contributed by atoms with Crippen LogP contribution in [0.4, 0.5) is 0 Å². The molecule has 0 saturated carbocycles. The summed E-state index contributed by atoms with van der Waals surface area (Å²) in [5.41, 5.74) is 5.79. The lowest BCUT2D eigenvalue weighted by Gasteiger charge is -2.32. The molecular weight excluding hydrogens is 278 g/mol. The number of likely N-dealkylation sites (tertiary alicyclic amines) is 1. The first-order valence-corrected chi connectivity index (χ1v) is 9.15. The van der Waals surface area contributed by atoms with Crippen LogP contribution in [0.5, 0.6) is 0 Å². The van der Waals surface area contributed by atoms with Crippen LogP contribution < -0.4 is 5.73 Å². The summed E-state index contributed by atoms with van der Waals surface area (Å²) in [6.45, 7) is 2.07. The van der Waals surface area contributed by atoms with Crippen LogP contribution in [-0.4, -0.2) is 74.4 Å². The van der Waals surface area contributed by atoms with Crippen molar-refractivity contribution in [3.8, 4) is 0 Å². The van der Waals surface area contributed by atoms with Gasteiger partial charge < -0.3 is 10.6 Å². The average molecular weight is 303 g/mol. The SMILES string of the molecule is CN(C(CN)CC(=O)N1CCCC1)C1CCS(=O)(=O)C1. The van der Waals surface area contributed by atoms with E-state index in [1.807, 2.05) is 16.8 Å². The van der Waals surface area contributed by atoms with Crippen LogP contribution in [0.1, 0.15) is 25.7 Å². The maximum atomic E-state index is 12.2. The van der Waals surface area contributed by atoms with Gasteiger partial charge in [0, 0.05) is 38.1 Å². The van der Waals surface area contributed by atoms with Gasteiger partial charge in [0.15, 0.2) is 9.84 Å². The molecule has 20 heavy (non-hydrogen) atoms. The highest BCUT2D eigenvalue weighted by Crippen LogP contribution is 2.20. The number of sulfone groups is 1. The van der Waals surface area contributed by atoms with Gasteiger partial charge in [0.05, 0.1) is 11.5 Å². The minimum Gasteiger partial charge on any atom is -0.343 e. The Morgan fingerprint density at radius 3 is 2.55 bits per heavy atom. The quantitative estimate of drug-likeness (QED) is 0.736. The molecule has 2 aliphatic rings. The molecule has 7 heteroatoms. The van der Waals surface area contributed by atoms with Gasteiger partial charge in [-0.05, 0) is 26.3 Å². The molecule has 2 aliphatic heterocycles. The second-order valence-corrected chi connectivity index (χ2v) is 8.13. The third-order valence-corrected chi connectivity index (χ3v) is 6.25. The van der Waals surface area contributed by atoms with E-state index >= 15 is 0 Å². The van der Waals surface area contributed by atoms with Crippen molar-refractivity contribution in [1.82, 2.24) is 9.80 Å². The fourth-order valence-electron chi connectivity index (χ4n) is 3.09. The van der Waals surface area contributed by atoms with Crippen molar-refractivity contribution in [3.63, 3.8) is 0 Å². The van der Waals surface area contributed by atoms with E-state index in [0.717, 1.165) is 25.9 Å². The Labute approximate surface area is 121 Å². The van der Waals surface area contributed by atoms with E-state index < -0.39 is 9.84 Å². The molecule has 2 fully saturated rings. The van der Waals surface area contributed by atoms with E-state index in [1.165, 1.54) is 0 Å². The molecule has 0 spiro atoms. The van der Waals surface area contributed by atoms with Crippen molar-refractivity contribution >= 4 is 15.7 Å². The zero-order valence-corrected chi connectivity index (χ0v) is 12.9. The van der Waals surface area contributed by atoms with E-state index in [4.69, 9.17) is 5.73 Å². The molecule has 0 aromatic rings. The molecule has 0 aliphatic carbocycles. The fourth-order valence-corrected chi connectivity index (χ4v) is 4.87. The number of amides is 1. The van der Waals surface area contributed by atoms with Gasteiger partial charge in [-0.1, -0.05) is 0 Å². The Morgan fingerprint density at radius 2 is 2.05 bits per heavy atom. The fraction of sp³-hybridized carbons (Fsp3) is 0.923. The third-order valence-electron chi connectivity index (χ3n) is 4.50. The first kappa shape index (κ1) is 15.7. The van der Waals surface area contributed by atoms with E-state index in [9.17, 15) is 13.2 Å². The smallest absolute Gasteiger partial charge is 0.224 e. The molecule has 2 atom stereocenters. The van der Waals surface area contributed by atoms with Crippen LogP contribution in [0.15, 0.2) is 0 Å². The molecule has 0 radical (unpaired) electrons. The lowest BCUT2D eigenvalue weighted by Crippen LogP contribution is -2.47. The largest absolute Gasteiger partial charge is 0.343 e. The second-order valence-electron chi connectivity index (χ2n) is 5.90. The molecule has 0 bridgehead atoms. The normalized spacial score (nSPS) is 27.1. The maximum absolute atomic E-state index is 12.2. The molecular formula is C13H25N3O3S. The van der Waals surface area contributed by atoms with Gasteiger partial charge in [-0.15, -0.1) is 0 Å². The number of rotatable bonds is 5. The van der Waals surface area contributed by atoms with Crippen molar-refractivity contribution in [2.75, 3.05) is 38.2 Å². The summed E-state index contributed by atoms with van der Waals surface area (Å²) >= 11 is 0. The molecule has 2 heterocycles. The van der Waals surface area contributed by atoms with Crippen molar-refractivity contribution in [2.24, 2.45) is 5.73 Å². The molecule has 2 saturated heterocycles. The third kappa shape index (κ3) is 3.71. The minimum atomic E-state index is -2.90. The highest BCUT2D eigenvalue weighted by Gasteiger charge is 2.34. The molecule has 2 unspecified atom stereocenters. The van der Waals surface area contributed by atoms with Gasteiger partial charge in [-0.3, -0.25) is 9.69 Å². The topological polar surface area (TPSA) is 83.7 Å². The van der Waals surface area contributed by atoms with Gasteiger partial charge in [0.1, 0.15) is 0 Å². The Bertz CT molecular complexity index is 446. The highest BCUT2D eigenvalue weighted by molar-refractivity contribution is 7.91. The Balaban J connectivity index is 1.92. The van der Waals surface area contributed by atoms with E-state index in [0.29, 0.717) is 19.4 Å². The summed E-state index contributed by atoms with van der Waals surface area (Å²) in [4.78, 5) is 16.1. The van der Waals surface area contributed by atoms with Crippen LogP contribution in [0.3, 0.4) is 0 Å². The van der Waals surface area contributed by atoms with Gasteiger partial charge in [-0.25, -0.2) is 8.42 Å². The van der Waals surface area contributed by atoms with Crippen LogP contribution in [0.2, 0.25) is 0 Å². The van der Waals surface area contributed by atoms with Crippen LogP contribution in [0.25, 0.3) is 0 Å². The highest BCUT2D eigenvalue weighted by atomic mass is 32.2. The molecule has 6 nitrogen and oxygen atoms in total. The maximum Gasteiger partial charge on any atom is 0.224 e. The summed E-state index contributed by atoms with van der Waals surface area (Å²) in [7, 11) is -1.01. The first-order valence-electron chi connectivity index (χ1n) is 7.33. The number of carbonyl (C=O) groups is 1. The number of carbonyl (C=O) groups excluding carboxylic acids is 1.